The van der Waals surface area contributed by atoms with Gasteiger partial charge >= 0.3 is 5.97 Å². The van der Waals surface area contributed by atoms with Crippen LogP contribution in [0.4, 0.5) is 0 Å². The molecule has 4 aliphatic rings. The summed E-state index contributed by atoms with van der Waals surface area (Å²) in [4.78, 5) is 11.5. The van der Waals surface area contributed by atoms with E-state index in [1.54, 1.807) is 0 Å². The SMILES string of the molecule is NC12CC3CC(C1)C(OC(=O)CS(=O)(=O)[O-])C(C3)C2. The lowest BCUT2D eigenvalue weighted by Crippen LogP contribution is -2.61. The lowest BCUT2D eigenvalue weighted by atomic mass is 9.52. The van der Waals surface area contributed by atoms with Gasteiger partial charge in [-0.15, -0.1) is 0 Å². The molecular weight excluding hydrogens is 270 g/mol. The van der Waals surface area contributed by atoms with Gasteiger partial charge in [0.05, 0.1) is 0 Å². The molecule has 0 aromatic heterocycles. The third-order valence-electron chi connectivity index (χ3n) is 4.80. The van der Waals surface area contributed by atoms with Gasteiger partial charge in [-0.2, -0.15) is 0 Å². The van der Waals surface area contributed by atoms with Crippen LogP contribution < -0.4 is 5.73 Å². The lowest BCUT2D eigenvalue weighted by molar-refractivity contribution is -0.169. The zero-order chi connectivity index (χ0) is 13.8. The Hall–Kier alpha value is -0.660. The first-order chi connectivity index (χ1) is 8.74. The van der Waals surface area contributed by atoms with E-state index in [4.69, 9.17) is 10.5 Å². The highest BCUT2D eigenvalue weighted by Gasteiger charge is 2.55. The van der Waals surface area contributed by atoms with Crippen LogP contribution in [-0.4, -0.2) is 36.3 Å². The number of esters is 1. The summed E-state index contributed by atoms with van der Waals surface area (Å²) < 4.78 is 37.0. The highest BCUT2D eigenvalue weighted by Crippen LogP contribution is 2.55. The molecule has 7 heteroatoms. The van der Waals surface area contributed by atoms with Crippen molar-refractivity contribution < 1.29 is 22.5 Å². The van der Waals surface area contributed by atoms with Crippen molar-refractivity contribution in [1.82, 2.24) is 0 Å². The van der Waals surface area contributed by atoms with Gasteiger partial charge in [0.2, 0.25) is 0 Å². The van der Waals surface area contributed by atoms with E-state index in [0.717, 1.165) is 32.1 Å². The highest BCUT2D eigenvalue weighted by molar-refractivity contribution is 7.86. The molecule has 4 bridgehead atoms. The van der Waals surface area contributed by atoms with Crippen LogP contribution in [0, 0.1) is 17.8 Å². The van der Waals surface area contributed by atoms with Gasteiger partial charge in [0.25, 0.3) is 0 Å². The van der Waals surface area contributed by atoms with Gasteiger partial charge in [0.1, 0.15) is 22.0 Å². The third-order valence-corrected chi connectivity index (χ3v) is 5.39. The predicted octanol–water partition coefficient (Wildman–Crippen LogP) is -0.0192. The van der Waals surface area contributed by atoms with Crippen molar-refractivity contribution in [2.45, 2.75) is 43.7 Å². The Labute approximate surface area is 112 Å². The first kappa shape index (κ1) is 13.3. The largest absolute Gasteiger partial charge is 0.748 e. The molecule has 0 aromatic carbocycles. The fraction of sp³-hybridized carbons (Fsp3) is 0.917. The van der Waals surface area contributed by atoms with Gasteiger partial charge in [0.15, 0.2) is 0 Å². The monoisotopic (exact) mass is 288 g/mol. The maximum Gasteiger partial charge on any atom is 0.320 e. The molecule has 2 unspecified atom stereocenters. The Bertz CT molecular complexity index is 486. The van der Waals surface area contributed by atoms with E-state index in [2.05, 4.69) is 0 Å². The fourth-order valence-electron chi connectivity index (χ4n) is 4.56. The van der Waals surface area contributed by atoms with E-state index in [1.165, 1.54) is 0 Å². The summed E-state index contributed by atoms with van der Waals surface area (Å²) in [5.74, 6) is -0.913. The summed E-state index contributed by atoms with van der Waals surface area (Å²) in [6.45, 7) is 0. The number of hydrogen-bond donors (Lipinski definition) is 1. The molecule has 0 saturated heterocycles. The summed E-state index contributed by atoms with van der Waals surface area (Å²) in [5.41, 5.74) is 6.21. The Morgan fingerprint density at radius 2 is 1.84 bits per heavy atom. The van der Waals surface area contributed by atoms with Crippen molar-refractivity contribution in [2.24, 2.45) is 23.5 Å². The molecule has 0 aromatic rings. The standard InChI is InChI=1S/C12H19NO5S/c13-12-3-7-1-8(4-12)11(9(2-7)5-12)18-10(14)6-19(15,16)17/h7-9,11H,1-6,13H2,(H,15,16,17)/p-1. The van der Waals surface area contributed by atoms with Crippen molar-refractivity contribution in [1.29, 1.82) is 0 Å². The quantitative estimate of drug-likeness (QED) is 0.577. The molecule has 4 fully saturated rings. The molecule has 0 amide bonds. The van der Waals surface area contributed by atoms with Gasteiger partial charge in [-0.3, -0.25) is 4.79 Å². The molecule has 19 heavy (non-hydrogen) atoms. The van der Waals surface area contributed by atoms with E-state index in [-0.39, 0.29) is 23.5 Å². The molecule has 108 valence electrons. The maximum absolute atomic E-state index is 11.5. The smallest absolute Gasteiger partial charge is 0.320 e. The zero-order valence-electron chi connectivity index (χ0n) is 10.6. The molecule has 6 nitrogen and oxygen atoms in total. The highest BCUT2D eigenvalue weighted by atomic mass is 32.2. The Balaban J connectivity index is 1.68. The minimum atomic E-state index is -4.56. The summed E-state index contributed by atoms with van der Waals surface area (Å²) in [5, 5.41) is 0. The average molecular weight is 288 g/mol. The Morgan fingerprint density at radius 3 is 2.32 bits per heavy atom. The van der Waals surface area contributed by atoms with E-state index in [0.29, 0.717) is 5.92 Å². The molecular formula is C12H18NO5S-. The average Bonchev–Trinajstić information content (AvgIpc) is 2.18. The van der Waals surface area contributed by atoms with Crippen LogP contribution in [-0.2, 0) is 19.6 Å². The van der Waals surface area contributed by atoms with E-state index < -0.39 is 21.8 Å². The zero-order valence-corrected chi connectivity index (χ0v) is 11.4. The molecule has 0 heterocycles. The van der Waals surface area contributed by atoms with E-state index in [9.17, 15) is 17.8 Å². The fourth-order valence-corrected chi connectivity index (χ4v) is 4.92. The number of hydrogen-bond acceptors (Lipinski definition) is 6. The Morgan fingerprint density at radius 1 is 1.26 bits per heavy atom. The summed E-state index contributed by atoms with van der Waals surface area (Å²) >= 11 is 0. The first-order valence-electron chi connectivity index (χ1n) is 6.66. The summed E-state index contributed by atoms with van der Waals surface area (Å²) in [7, 11) is -4.56. The van der Waals surface area contributed by atoms with Crippen LogP contribution in [0.3, 0.4) is 0 Å². The summed E-state index contributed by atoms with van der Waals surface area (Å²) in [6.07, 6.45) is 4.47. The lowest BCUT2D eigenvalue weighted by Gasteiger charge is -2.58. The molecule has 4 aliphatic carbocycles. The topological polar surface area (TPSA) is 110 Å². The maximum atomic E-state index is 11.5. The van der Waals surface area contributed by atoms with Gasteiger partial charge in [-0.05, 0) is 49.9 Å². The first-order valence-corrected chi connectivity index (χ1v) is 8.24. The van der Waals surface area contributed by atoms with Crippen molar-refractivity contribution in [2.75, 3.05) is 5.75 Å². The molecule has 4 rings (SSSR count). The summed E-state index contributed by atoms with van der Waals surface area (Å²) in [6, 6.07) is 0. The molecule has 4 saturated carbocycles. The second kappa shape index (κ2) is 4.17. The van der Waals surface area contributed by atoms with Crippen molar-refractivity contribution >= 4 is 16.1 Å². The van der Waals surface area contributed by atoms with Crippen molar-refractivity contribution in [3.05, 3.63) is 0 Å². The second-order valence-electron chi connectivity index (χ2n) is 6.49. The van der Waals surface area contributed by atoms with Crippen LogP contribution >= 0.6 is 0 Å². The van der Waals surface area contributed by atoms with Crippen LogP contribution in [0.1, 0.15) is 32.1 Å². The number of rotatable bonds is 3. The number of ether oxygens (including phenoxy) is 1. The van der Waals surface area contributed by atoms with Gasteiger partial charge < -0.3 is 15.0 Å². The second-order valence-corrected chi connectivity index (χ2v) is 7.89. The van der Waals surface area contributed by atoms with E-state index >= 15 is 0 Å². The van der Waals surface area contributed by atoms with Crippen LogP contribution in [0.15, 0.2) is 0 Å². The Kier molecular flexibility index (Phi) is 2.92. The van der Waals surface area contributed by atoms with Gasteiger partial charge in [-0.1, -0.05) is 0 Å². The molecule has 0 spiro atoms. The number of carbonyl (C=O) groups excluding carboxylic acids is 1. The van der Waals surface area contributed by atoms with E-state index in [1.807, 2.05) is 0 Å². The van der Waals surface area contributed by atoms with Crippen LogP contribution in [0.2, 0.25) is 0 Å². The molecule has 0 radical (unpaired) electrons. The third kappa shape index (κ3) is 2.64. The van der Waals surface area contributed by atoms with Gasteiger partial charge in [-0.25, -0.2) is 8.42 Å². The minimum absolute atomic E-state index is 0.121. The number of nitrogens with two attached hydrogens (primary N) is 1. The van der Waals surface area contributed by atoms with Crippen LogP contribution in [0.25, 0.3) is 0 Å². The predicted molar refractivity (Wildman–Crippen MR) is 64.9 cm³/mol. The van der Waals surface area contributed by atoms with Crippen LogP contribution in [0.5, 0.6) is 0 Å². The minimum Gasteiger partial charge on any atom is -0.748 e. The van der Waals surface area contributed by atoms with Crippen molar-refractivity contribution in [3.63, 3.8) is 0 Å². The molecule has 2 atom stereocenters. The number of carbonyl (C=O) groups is 1. The van der Waals surface area contributed by atoms with Crippen molar-refractivity contribution in [3.8, 4) is 0 Å². The van der Waals surface area contributed by atoms with Gasteiger partial charge in [0, 0.05) is 5.54 Å². The normalized spacial score (nSPS) is 44.3. The molecule has 2 N–H and O–H groups in total. The molecule has 0 aliphatic heterocycles.